The van der Waals surface area contributed by atoms with Crippen molar-refractivity contribution in [3.05, 3.63) is 54.1 Å². The van der Waals surface area contributed by atoms with E-state index in [1.807, 2.05) is 52.3 Å². The smallest absolute Gasteiger partial charge is 0.262 e. The molecule has 2 aliphatic heterocycles. The quantitative estimate of drug-likeness (QED) is 0.904. The lowest BCUT2D eigenvalue weighted by molar-refractivity contribution is -0.127. The summed E-state index contributed by atoms with van der Waals surface area (Å²) in [5, 5.41) is 2.63. The van der Waals surface area contributed by atoms with Crippen LogP contribution in [0, 0.1) is 0 Å². The number of rotatable bonds is 3. The van der Waals surface area contributed by atoms with Gasteiger partial charge in [0.05, 0.1) is 18.8 Å². The van der Waals surface area contributed by atoms with Gasteiger partial charge in [0.2, 0.25) is 5.91 Å². The molecule has 6 nitrogen and oxygen atoms in total. The molecule has 140 valence electrons. The van der Waals surface area contributed by atoms with Crippen molar-refractivity contribution < 1.29 is 14.3 Å². The van der Waals surface area contributed by atoms with Crippen LogP contribution in [0.25, 0.3) is 0 Å². The van der Waals surface area contributed by atoms with Crippen LogP contribution >= 0.6 is 0 Å². The van der Waals surface area contributed by atoms with Gasteiger partial charge in [-0.1, -0.05) is 30.3 Å². The summed E-state index contributed by atoms with van der Waals surface area (Å²) in [7, 11) is 1.59. The standard InChI is InChI=1S/C21H23N3O3/c1-14-11-15-7-3-4-8-16(15)24(14)20(25)13-23-12-19(21(26)22-2)27-18-10-6-5-9-17(18)23/h3-10,14,19H,11-13H2,1-2H3,(H,22,26)/t14-,19+/m0/s1. The van der Waals surface area contributed by atoms with E-state index in [9.17, 15) is 9.59 Å². The van der Waals surface area contributed by atoms with Crippen molar-refractivity contribution in [1.29, 1.82) is 0 Å². The number of fused-ring (bicyclic) bond motifs is 2. The maximum absolute atomic E-state index is 13.2. The number of anilines is 2. The molecule has 2 aliphatic rings. The molecule has 1 N–H and O–H groups in total. The normalized spacial score (nSPS) is 20.5. The molecule has 0 spiro atoms. The summed E-state index contributed by atoms with van der Waals surface area (Å²) in [5.74, 6) is 0.460. The second kappa shape index (κ2) is 6.95. The summed E-state index contributed by atoms with van der Waals surface area (Å²) in [6.07, 6.45) is 0.226. The van der Waals surface area contributed by atoms with Crippen LogP contribution in [-0.4, -0.2) is 44.1 Å². The number of benzene rings is 2. The van der Waals surface area contributed by atoms with Gasteiger partial charge in [0.25, 0.3) is 5.91 Å². The van der Waals surface area contributed by atoms with Gasteiger partial charge in [-0.25, -0.2) is 0 Å². The molecule has 2 heterocycles. The largest absolute Gasteiger partial charge is 0.477 e. The zero-order chi connectivity index (χ0) is 19.0. The molecule has 0 fully saturated rings. The van der Waals surface area contributed by atoms with Gasteiger partial charge in [-0.2, -0.15) is 0 Å². The topological polar surface area (TPSA) is 61.9 Å². The lowest BCUT2D eigenvalue weighted by atomic mass is 10.1. The molecule has 0 saturated heterocycles. The van der Waals surface area contributed by atoms with Gasteiger partial charge in [0, 0.05) is 18.8 Å². The SMILES string of the molecule is CNC(=O)[C@H]1CN(CC(=O)N2c3ccccc3C[C@@H]2C)c2ccccc2O1. The third-order valence-electron chi connectivity index (χ3n) is 5.20. The Balaban J connectivity index is 1.60. The Hall–Kier alpha value is -3.02. The number of para-hydroxylation sites is 3. The first kappa shape index (κ1) is 17.4. The van der Waals surface area contributed by atoms with Crippen LogP contribution in [0.3, 0.4) is 0 Å². The summed E-state index contributed by atoms with van der Waals surface area (Å²) in [6.45, 7) is 2.61. The van der Waals surface area contributed by atoms with Gasteiger partial charge in [-0.05, 0) is 37.1 Å². The van der Waals surface area contributed by atoms with Crippen molar-refractivity contribution in [1.82, 2.24) is 5.32 Å². The number of nitrogens with one attached hydrogen (secondary N) is 1. The average molecular weight is 365 g/mol. The molecule has 4 rings (SSSR count). The highest BCUT2D eigenvalue weighted by molar-refractivity contribution is 5.99. The average Bonchev–Trinajstić information content (AvgIpc) is 3.03. The van der Waals surface area contributed by atoms with E-state index in [1.54, 1.807) is 7.05 Å². The van der Waals surface area contributed by atoms with E-state index in [1.165, 1.54) is 5.56 Å². The van der Waals surface area contributed by atoms with Crippen LogP contribution in [0.5, 0.6) is 5.75 Å². The highest BCUT2D eigenvalue weighted by Crippen LogP contribution is 2.35. The number of carbonyl (C=O) groups excluding carboxylic acids is 2. The Morgan fingerprint density at radius 3 is 2.59 bits per heavy atom. The molecule has 0 saturated carbocycles. The minimum Gasteiger partial charge on any atom is -0.477 e. The molecule has 0 radical (unpaired) electrons. The molecule has 2 aromatic carbocycles. The molecule has 6 heteroatoms. The third-order valence-corrected chi connectivity index (χ3v) is 5.20. The van der Waals surface area contributed by atoms with Gasteiger partial charge in [0.1, 0.15) is 5.75 Å². The van der Waals surface area contributed by atoms with E-state index >= 15 is 0 Å². The van der Waals surface area contributed by atoms with E-state index < -0.39 is 6.10 Å². The number of hydrogen-bond donors (Lipinski definition) is 1. The van der Waals surface area contributed by atoms with Crippen LogP contribution in [0.1, 0.15) is 12.5 Å². The second-order valence-electron chi connectivity index (χ2n) is 7.01. The number of carbonyl (C=O) groups is 2. The van der Waals surface area contributed by atoms with Crippen molar-refractivity contribution in [2.24, 2.45) is 0 Å². The van der Waals surface area contributed by atoms with E-state index in [0.717, 1.165) is 17.8 Å². The number of amides is 2. The van der Waals surface area contributed by atoms with Crippen LogP contribution in [0.15, 0.2) is 48.5 Å². The van der Waals surface area contributed by atoms with Gasteiger partial charge in [0.15, 0.2) is 6.10 Å². The number of hydrogen-bond acceptors (Lipinski definition) is 4. The van der Waals surface area contributed by atoms with Crippen molar-refractivity contribution in [2.75, 3.05) is 29.9 Å². The highest BCUT2D eigenvalue weighted by atomic mass is 16.5. The minimum absolute atomic E-state index is 0.0276. The fraction of sp³-hybridized carbons (Fsp3) is 0.333. The maximum atomic E-state index is 13.2. The van der Waals surface area contributed by atoms with E-state index in [-0.39, 0.29) is 24.4 Å². The summed E-state index contributed by atoms with van der Waals surface area (Å²) < 4.78 is 5.82. The maximum Gasteiger partial charge on any atom is 0.262 e. The Kier molecular flexibility index (Phi) is 4.48. The first-order valence-corrected chi connectivity index (χ1v) is 9.20. The summed E-state index contributed by atoms with van der Waals surface area (Å²) >= 11 is 0. The Labute approximate surface area is 158 Å². The molecule has 2 atom stereocenters. The van der Waals surface area contributed by atoms with Crippen molar-refractivity contribution in [2.45, 2.75) is 25.5 Å². The summed E-state index contributed by atoms with van der Waals surface area (Å²) in [6, 6.07) is 15.7. The van der Waals surface area contributed by atoms with Gasteiger partial charge in [-0.3, -0.25) is 9.59 Å². The second-order valence-corrected chi connectivity index (χ2v) is 7.01. The molecule has 0 aliphatic carbocycles. The Morgan fingerprint density at radius 2 is 1.81 bits per heavy atom. The van der Waals surface area contributed by atoms with Crippen LogP contribution in [0.2, 0.25) is 0 Å². The number of nitrogens with zero attached hydrogens (tertiary/aromatic N) is 2. The summed E-state index contributed by atoms with van der Waals surface area (Å²) in [4.78, 5) is 29.1. The van der Waals surface area contributed by atoms with Gasteiger partial charge < -0.3 is 19.9 Å². The molecular weight excluding hydrogens is 342 g/mol. The minimum atomic E-state index is -0.638. The van der Waals surface area contributed by atoms with Crippen LogP contribution < -0.4 is 19.9 Å². The molecule has 2 aromatic rings. The van der Waals surface area contributed by atoms with Crippen molar-refractivity contribution in [3.8, 4) is 5.75 Å². The monoisotopic (exact) mass is 365 g/mol. The fourth-order valence-electron chi connectivity index (χ4n) is 3.94. The van der Waals surface area contributed by atoms with Gasteiger partial charge in [-0.15, -0.1) is 0 Å². The van der Waals surface area contributed by atoms with E-state index in [4.69, 9.17) is 4.74 Å². The molecule has 0 unspecified atom stereocenters. The van der Waals surface area contributed by atoms with Crippen molar-refractivity contribution in [3.63, 3.8) is 0 Å². The predicted octanol–water partition coefficient (Wildman–Crippen LogP) is 1.98. The zero-order valence-electron chi connectivity index (χ0n) is 15.5. The molecular formula is C21H23N3O3. The van der Waals surface area contributed by atoms with E-state index in [0.29, 0.717) is 12.3 Å². The first-order valence-electron chi connectivity index (χ1n) is 9.20. The first-order chi connectivity index (χ1) is 13.1. The molecule has 27 heavy (non-hydrogen) atoms. The third kappa shape index (κ3) is 3.12. The fourth-order valence-corrected chi connectivity index (χ4v) is 3.94. The number of likely N-dealkylation sites (N-methyl/N-ethyl adjacent to an activating group) is 1. The number of ether oxygens (including phenoxy) is 1. The highest BCUT2D eigenvalue weighted by Gasteiger charge is 2.35. The van der Waals surface area contributed by atoms with Crippen molar-refractivity contribution >= 4 is 23.2 Å². The van der Waals surface area contributed by atoms with Crippen LogP contribution in [0.4, 0.5) is 11.4 Å². The summed E-state index contributed by atoms with van der Waals surface area (Å²) in [5.41, 5.74) is 3.02. The Bertz CT molecular complexity index is 882. The molecule has 0 aromatic heterocycles. The zero-order valence-corrected chi connectivity index (χ0v) is 15.5. The Morgan fingerprint density at radius 1 is 1.11 bits per heavy atom. The molecule has 2 amide bonds. The lowest BCUT2D eigenvalue weighted by Gasteiger charge is -2.36. The van der Waals surface area contributed by atoms with Crippen LogP contribution in [-0.2, 0) is 16.0 Å². The molecule has 0 bridgehead atoms. The predicted molar refractivity (Wildman–Crippen MR) is 104 cm³/mol. The van der Waals surface area contributed by atoms with Gasteiger partial charge >= 0.3 is 0 Å². The lowest BCUT2D eigenvalue weighted by Crippen LogP contribution is -2.51. The van der Waals surface area contributed by atoms with E-state index in [2.05, 4.69) is 18.3 Å².